The second-order valence-electron chi connectivity index (χ2n) is 8.45. The van der Waals surface area contributed by atoms with Crippen LogP contribution in [-0.2, 0) is 16.6 Å². The second kappa shape index (κ2) is 10.8. The molecule has 168 valence electrons. The first-order valence-corrected chi connectivity index (χ1v) is 11.3. The number of rotatable bonds is 10. The van der Waals surface area contributed by atoms with Crippen molar-refractivity contribution in [3.05, 3.63) is 59.8 Å². The first kappa shape index (κ1) is 21.8. The zero-order valence-electron chi connectivity index (χ0n) is 18.1. The second-order valence-corrected chi connectivity index (χ2v) is 8.45. The average molecular weight is 429 g/mol. The highest BCUT2D eigenvalue weighted by molar-refractivity contribution is 5.79. The summed E-state index contributed by atoms with van der Waals surface area (Å²) < 4.78 is 24.5. The van der Waals surface area contributed by atoms with Crippen LogP contribution in [0.1, 0.15) is 30.6 Å². The summed E-state index contributed by atoms with van der Waals surface area (Å²) >= 11 is 0. The summed E-state index contributed by atoms with van der Waals surface area (Å²) in [4.78, 5) is 7.31. The number of aliphatic imine (C=N–C) groups is 1. The van der Waals surface area contributed by atoms with Crippen LogP contribution in [0.25, 0.3) is 0 Å². The minimum Gasteiger partial charge on any atom is -0.469 e. The number of ether oxygens (including phenoxy) is 1. The predicted molar refractivity (Wildman–Crippen MR) is 120 cm³/mol. The maximum absolute atomic E-state index is 13.7. The van der Waals surface area contributed by atoms with Crippen LogP contribution in [0.3, 0.4) is 0 Å². The van der Waals surface area contributed by atoms with Crippen LogP contribution in [-0.4, -0.2) is 63.3 Å². The molecule has 2 aliphatic rings. The Morgan fingerprint density at radius 3 is 2.68 bits per heavy atom. The lowest BCUT2D eigenvalue weighted by atomic mass is 9.96. The van der Waals surface area contributed by atoms with E-state index in [1.54, 1.807) is 18.4 Å². The largest absolute Gasteiger partial charge is 0.469 e. The number of guanidine groups is 1. The van der Waals surface area contributed by atoms with Gasteiger partial charge in [0.25, 0.3) is 0 Å². The third kappa shape index (κ3) is 6.55. The fraction of sp³-hybridized carbons (Fsp3) is 0.542. The summed E-state index contributed by atoms with van der Waals surface area (Å²) in [5.74, 6) is 1.60. The maximum Gasteiger partial charge on any atom is 0.191 e. The number of hydrogen-bond acceptors (Lipinski definition) is 4. The number of morpholine rings is 1. The monoisotopic (exact) mass is 428 g/mol. The molecule has 1 aliphatic heterocycles. The van der Waals surface area contributed by atoms with E-state index in [2.05, 4.69) is 15.5 Å². The SMILES string of the molecule is Fc1cccc(C2(CN=C(NCCCN3CCOCC3)NCCc3ccco3)CC2)c1. The van der Waals surface area contributed by atoms with Gasteiger partial charge in [-0.25, -0.2) is 4.39 Å². The van der Waals surface area contributed by atoms with E-state index < -0.39 is 0 Å². The minimum atomic E-state index is -0.175. The van der Waals surface area contributed by atoms with E-state index in [1.165, 1.54) is 6.07 Å². The standard InChI is InChI=1S/C24H33FN4O2/c25-21-5-1-4-20(18-21)24(8-9-24)19-28-23(27-11-7-22-6-2-15-31-22)26-10-3-12-29-13-16-30-17-14-29/h1-2,4-6,15,18H,3,7-14,16-17,19H2,(H2,26,27,28). The zero-order chi connectivity index (χ0) is 21.4. The molecule has 0 bridgehead atoms. The van der Waals surface area contributed by atoms with Crippen LogP contribution < -0.4 is 10.6 Å². The molecule has 7 heteroatoms. The van der Waals surface area contributed by atoms with Gasteiger partial charge in [0.15, 0.2) is 5.96 Å². The Balaban J connectivity index is 1.30. The molecule has 4 rings (SSSR count). The molecule has 1 saturated carbocycles. The first-order valence-electron chi connectivity index (χ1n) is 11.3. The van der Waals surface area contributed by atoms with Gasteiger partial charge in [-0.1, -0.05) is 12.1 Å². The molecule has 1 aliphatic carbocycles. The number of nitrogens with zero attached hydrogens (tertiary/aromatic N) is 2. The van der Waals surface area contributed by atoms with E-state index >= 15 is 0 Å². The number of benzene rings is 1. The van der Waals surface area contributed by atoms with Crippen LogP contribution in [0.5, 0.6) is 0 Å². The molecule has 2 N–H and O–H groups in total. The predicted octanol–water partition coefficient (Wildman–Crippen LogP) is 2.95. The summed E-state index contributed by atoms with van der Waals surface area (Å²) in [7, 11) is 0. The number of hydrogen-bond donors (Lipinski definition) is 2. The maximum atomic E-state index is 13.7. The van der Waals surface area contributed by atoms with Gasteiger partial charge in [-0.05, 0) is 55.6 Å². The first-order chi connectivity index (χ1) is 15.2. The summed E-state index contributed by atoms with van der Waals surface area (Å²) in [5, 5.41) is 6.91. The zero-order valence-corrected chi connectivity index (χ0v) is 18.1. The molecule has 1 saturated heterocycles. The van der Waals surface area contributed by atoms with Gasteiger partial charge >= 0.3 is 0 Å². The molecule has 1 aromatic carbocycles. The van der Waals surface area contributed by atoms with Gasteiger partial charge < -0.3 is 19.8 Å². The Labute approximate surface area is 183 Å². The van der Waals surface area contributed by atoms with Gasteiger partial charge in [0, 0.05) is 38.0 Å². The van der Waals surface area contributed by atoms with E-state index in [0.29, 0.717) is 6.54 Å². The topological polar surface area (TPSA) is 62.0 Å². The molecule has 0 unspecified atom stereocenters. The normalized spacial score (nSPS) is 18.7. The van der Waals surface area contributed by atoms with E-state index in [-0.39, 0.29) is 11.2 Å². The molecular weight excluding hydrogens is 395 g/mol. The lowest BCUT2D eigenvalue weighted by molar-refractivity contribution is 0.0376. The number of halogens is 1. The van der Waals surface area contributed by atoms with Crippen LogP contribution in [0.2, 0.25) is 0 Å². The molecule has 0 radical (unpaired) electrons. The Kier molecular flexibility index (Phi) is 7.59. The van der Waals surface area contributed by atoms with Gasteiger partial charge in [-0.3, -0.25) is 9.89 Å². The summed E-state index contributed by atoms with van der Waals surface area (Å²) in [5.41, 5.74) is 1.03. The molecule has 2 heterocycles. The summed E-state index contributed by atoms with van der Waals surface area (Å²) in [6, 6.07) is 10.9. The van der Waals surface area contributed by atoms with E-state index in [0.717, 1.165) is 88.9 Å². The molecular formula is C24H33FN4O2. The van der Waals surface area contributed by atoms with Crippen LogP contribution in [0, 0.1) is 5.82 Å². The fourth-order valence-electron chi connectivity index (χ4n) is 4.01. The smallest absolute Gasteiger partial charge is 0.191 e. The van der Waals surface area contributed by atoms with Gasteiger partial charge in [0.2, 0.25) is 0 Å². The Morgan fingerprint density at radius 1 is 1.10 bits per heavy atom. The molecule has 6 nitrogen and oxygen atoms in total. The van der Waals surface area contributed by atoms with E-state index in [9.17, 15) is 4.39 Å². The highest BCUT2D eigenvalue weighted by Gasteiger charge is 2.44. The van der Waals surface area contributed by atoms with E-state index in [4.69, 9.17) is 14.1 Å². The van der Waals surface area contributed by atoms with Crippen molar-refractivity contribution >= 4 is 5.96 Å². The lowest BCUT2D eigenvalue weighted by Crippen LogP contribution is -2.41. The third-order valence-electron chi connectivity index (χ3n) is 6.12. The van der Waals surface area contributed by atoms with Crippen molar-refractivity contribution in [1.82, 2.24) is 15.5 Å². The molecule has 0 spiro atoms. The quantitative estimate of drug-likeness (QED) is 0.346. The van der Waals surface area contributed by atoms with Gasteiger partial charge in [0.1, 0.15) is 11.6 Å². The van der Waals surface area contributed by atoms with Gasteiger partial charge in [0.05, 0.1) is 26.0 Å². The molecule has 2 fully saturated rings. The minimum absolute atomic E-state index is 0.0223. The van der Waals surface area contributed by atoms with Gasteiger partial charge in [-0.15, -0.1) is 0 Å². The Morgan fingerprint density at radius 2 is 1.94 bits per heavy atom. The van der Waals surface area contributed by atoms with Gasteiger partial charge in [-0.2, -0.15) is 0 Å². The van der Waals surface area contributed by atoms with E-state index in [1.807, 2.05) is 18.2 Å². The Hall–Kier alpha value is -2.38. The van der Waals surface area contributed by atoms with Crippen molar-refractivity contribution in [2.24, 2.45) is 4.99 Å². The van der Waals surface area contributed by atoms with Crippen molar-refractivity contribution in [3.63, 3.8) is 0 Å². The highest BCUT2D eigenvalue weighted by Crippen LogP contribution is 2.48. The molecule has 0 amide bonds. The summed E-state index contributed by atoms with van der Waals surface area (Å²) in [6.45, 7) is 7.01. The van der Waals surface area contributed by atoms with Crippen molar-refractivity contribution < 1.29 is 13.5 Å². The van der Waals surface area contributed by atoms with Crippen molar-refractivity contribution in [2.75, 3.05) is 52.5 Å². The van der Waals surface area contributed by atoms with Crippen LogP contribution >= 0.6 is 0 Å². The van der Waals surface area contributed by atoms with Crippen molar-refractivity contribution in [1.29, 1.82) is 0 Å². The highest BCUT2D eigenvalue weighted by atomic mass is 19.1. The number of furan rings is 1. The van der Waals surface area contributed by atoms with Crippen LogP contribution in [0.4, 0.5) is 4.39 Å². The van der Waals surface area contributed by atoms with Crippen molar-refractivity contribution in [3.8, 4) is 0 Å². The fourth-order valence-corrected chi connectivity index (χ4v) is 4.01. The average Bonchev–Trinajstić information content (AvgIpc) is 3.41. The third-order valence-corrected chi connectivity index (χ3v) is 6.12. The molecule has 0 atom stereocenters. The van der Waals surface area contributed by atoms with Crippen molar-refractivity contribution in [2.45, 2.75) is 31.1 Å². The summed E-state index contributed by atoms with van der Waals surface area (Å²) in [6.07, 6.45) is 5.65. The lowest BCUT2D eigenvalue weighted by Gasteiger charge is -2.26. The molecule has 1 aromatic heterocycles. The van der Waals surface area contributed by atoms with Crippen LogP contribution in [0.15, 0.2) is 52.1 Å². The number of nitrogens with one attached hydrogen (secondary N) is 2. The molecule has 2 aromatic rings. The molecule has 31 heavy (non-hydrogen) atoms. The Bertz CT molecular complexity index is 830.